The van der Waals surface area contributed by atoms with Gasteiger partial charge in [-0.15, -0.1) is 35.3 Å². The molecule has 0 unspecified atom stereocenters. The van der Waals surface area contributed by atoms with Crippen LogP contribution in [0.3, 0.4) is 0 Å². The molecule has 0 saturated carbocycles. The Morgan fingerprint density at radius 1 is 1.15 bits per heavy atom. The number of nitrogens with one attached hydrogen (secondary N) is 3. The van der Waals surface area contributed by atoms with Crippen molar-refractivity contribution in [3.63, 3.8) is 0 Å². The SMILES string of the molecule is CN=C(NCCCc1c[nH]c2ccccc12)NCCc1nc(C)c(C)s1.I. The number of aromatic nitrogens is 2. The minimum Gasteiger partial charge on any atom is -0.361 e. The van der Waals surface area contributed by atoms with Crippen LogP contribution in [-0.4, -0.2) is 36.1 Å². The molecule has 0 aliphatic heterocycles. The highest BCUT2D eigenvalue weighted by Gasteiger charge is 2.05. The average Bonchev–Trinajstić information content (AvgIpc) is 3.20. The lowest BCUT2D eigenvalue weighted by molar-refractivity contribution is 0.740. The molecule has 0 saturated heterocycles. The number of halogens is 1. The third kappa shape index (κ3) is 5.93. The fraction of sp³-hybridized carbons (Fsp3) is 0.400. The molecule has 0 bridgehead atoms. The van der Waals surface area contributed by atoms with E-state index in [0.29, 0.717) is 0 Å². The maximum atomic E-state index is 4.58. The molecule has 7 heteroatoms. The number of thiazole rings is 1. The third-order valence-corrected chi connectivity index (χ3v) is 5.65. The minimum atomic E-state index is 0. The Labute approximate surface area is 182 Å². The van der Waals surface area contributed by atoms with Gasteiger partial charge in [-0.25, -0.2) is 4.98 Å². The molecule has 2 heterocycles. The topological polar surface area (TPSA) is 65.1 Å². The van der Waals surface area contributed by atoms with Gasteiger partial charge in [0, 0.05) is 48.5 Å². The van der Waals surface area contributed by atoms with Crippen LogP contribution in [-0.2, 0) is 12.8 Å². The smallest absolute Gasteiger partial charge is 0.190 e. The fourth-order valence-electron chi connectivity index (χ4n) is 2.98. The van der Waals surface area contributed by atoms with Crippen molar-refractivity contribution in [1.29, 1.82) is 0 Å². The predicted molar refractivity (Wildman–Crippen MR) is 127 cm³/mol. The summed E-state index contributed by atoms with van der Waals surface area (Å²) in [6.45, 7) is 5.93. The Balaban J connectivity index is 0.00000261. The zero-order valence-corrected chi connectivity index (χ0v) is 19.3. The molecular weight excluding hydrogens is 469 g/mol. The quantitative estimate of drug-likeness (QED) is 0.199. The number of fused-ring (bicyclic) bond motifs is 1. The number of H-pyrrole nitrogens is 1. The molecule has 5 nitrogen and oxygen atoms in total. The number of aromatic amines is 1. The molecule has 0 aliphatic rings. The van der Waals surface area contributed by atoms with Gasteiger partial charge in [-0.1, -0.05) is 18.2 Å². The van der Waals surface area contributed by atoms with E-state index in [-0.39, 0.29) is 24.0 Å². The Morgan fingerprint density at radius 3 is 2.67 bits per heavy atom. The van der Waals surface area contributed by atoms with Crippen LogP contribution in [0.4, 0.5) is 0 Å². The summed E-state index contributed by atoms with van der Waals surface area (Å²) < 4.78 is 0. The van der Waals surface area contributed by atoms with E-state index in [0.717, 1.165) is 44.0 Å². The second-order valence-electron chi connectivity index (χ2n) is 6.39. The monoisotopic (exact) mass is 497 g/mol. The van der Waals surface area contributed by atoms with Gasteiger partial charge >= 0.3 is 0 Å². The lowest BCUT2D eigenvalue weighted by Gasteiger charge is -2.11. The zero-order valence-electron chi connectivity index (χ0n) is 16.1. The van der Waals surface area contributed by atoms with Crippen molar-refractivity contribution in [1.82, 2.24) is 20.6 Å². The van der Waals surface area contributed by atoms with Crippen LogP contribution in [0.15, 0.2) is 35.5 Å². The Kier molecular flexibility index (Phi) is 8.56. The van der Waals surface area contributed by atoms with Gasteiger partial charge in [0.05, 0.1) is 10.7 Å². The Morgan fingerprint density at radius 2 is 1.93 bits per heavy atom. The van der Waals surface area contributed by atoms with Gasteiger partial charge in [-0.2, -0.15) is 0 Å². The summed E-state index contributed by atoms with van der Waals surface area (Å²) in [5.41, 5.74) is 3.73. The van der Waals surface area contributed by atoms with Crippen LogP contribution >= 0.6 is 35.3 Å². The molecule has 3 rings (SSSR count). The Bertz CT molecular complexity index is 864. The van der Waals surface area contributed by atoms with Crippen molar-refractivity contribution in [2.45, 2.75) is 33.1 Å². The number of aryl methyl sites for hydroxylation is 3. The van der Waals surface area contributed by atoms with Crippen LogP contribution in [0.5, 0.6) is 0 Å². The zero-order chi connectivity index (χ0) is 18.4. The molecule has 0 spiro atoms. The van der Waals surface area contributed by atoms with Crippen molar-refractivity contribution < 1.29 is 0 Å². The van der Waals surface area contributed by atoms with Gasteiger partial charge in [0.25, 0.3) is 0 Å². The summed E-state index contributed by atoms with van der Waals surface area (Å²) in [6, 6.07) is 8.45. The molecule has 0 fully saturated rings. The summed E-state index contributed by atoms with van der Waals surface area (Å²) in [6.07, 6.45) is 5.16. The van der Waals surface area contributed by atoms with Crippen molar-refractivity contribution in [2.24, 2.45) is 4.99 Å². The molecule has 27 heavy (non-hydrogen) atoms. The van der Waals surface area contributed by atoms with Crippen LogP contribution in [0.25, 0.3) is 10.9 Å². The minimum absolute atomic E-state index is 0. The first-order valence-electron chi connectivity index (χ1n) is 9.10. The first-order chi connectivity index (χ1) is 12.7. The molecule has 0 atom stereocenters. The second kappa shape index (κ2) is 10.7. The molecule has 0 aliphatic carbocycles. The summed E-state index contributed by atoms with van der Waals surface area (Å²) >= 11 is 1.78. The molecule has 0 amide bonds. The third-order valence-electron chi connectivity index (χ3n) is 4.52. The highest BCUT2D eigenvalue weighted by Crippen LogP contribution is 2.18. The fourth-order valence-corrected chi connectivity index (χ4v) is 3.91. The van der Waals surface area contributed by atoms with Crippen LogP contribution < -0.4 is 10.6 Å². The molecule has 3 N–H and O–H groups in total. The number of benzene rings is 1. The van der Waals surface area contributed by atoms with E-state index < -0.39 is 0 Å². The number of nitrogens with zero attached hydrogens (tertiary/aromatic N) is 2. The van der Waals surface area contributed by atoms with Crippen LogP contribution in [0.2, 0.25) is 0 Å². The van der Waals surface area contributed by atoms with Crippen LogP contribution in [0.1, 0.15) is 27.6 Å². The lowest BCUT2D eigenvalue weighted by Crippen LogP contribution is -2.38. The highest BCUT2D eigenvalue weighted by molar-refractivity contribution is 14.0. The van der Waals surface area contributed by atoms with Crippen molar-refractivity contribution >= 4 is 52.2 Å². The molecule has 2 aromatic heterocycles. The van der Waals surface area contributed by atoms with E-state index in [1.807, 2.05) is 7.05 Å². The van der Waals surface area contributed by atoms with E-state index in [2.05, 4.69) is 69.9 Å². The summed E-state index contributed by atoms with van der Waals surface area (Å²) in [4.78, 5) is 13.5. The average molecular weight is 497 g/mol. The van der Waals surface area contributed by atoms with E-state index >= 15 is 0 Å². The van der Waals surface area contributed by atoms with Gasteiger partial charge in [0.2, 0.25) is 0 Å². The maximum absolute atomic E-state index is 4.58. The van der Waals surface area contributed by atoms with Gasteiger partial charge in [-0.3, -0.25) is 4.99 Å². The van der Waals surface area contributed by atoms with Crippen molar-refractivity contribution in [2.75, 3.05) is 20.1 Å². The first kappa shape index (κ1) is 21.7. The Hall–Kier alpha value is -1.61. The molecule has 0 radical (unpaired) electrons. The largest absolute Gasteiger partial charge is 0.361 e. The van der Waals surface area contributed by atoms with Gasteiger partial charge in [-0.05, 0) is 38.3 Å². The van der Waals surface area contributed by atoms with Gasteiger partial charge in [0.1, 0.15) is 0 Å². The predicted octanol–water partition coefficient (Wildman–Crippen LogP) is 4.20. The van der Waals surface area contributed by atoms with E-state index in [9.17, 15) is 0 Å². The number of guanidine groups is 1. The normalized spacial score (nSPS) is 11.4. The first-order valence-corrected chi connectivity index (χ1v) is 9.91. The van der Waals surface area contributed by atoms with Crippen molar-refractivity contribution in [3.05, 3.63) is 51.6 Å². The van der Waals surface area contributed by atoms with Gasteiger partial charge in [0.15, 0.2) is 5.96 Å². The van der Waals surface area contributed by atoms with Crippen LogP contribution in [0, 0.1) is 13.8 Å². The van der Waals surface area contributed by atoms with Gasteiger partial charge < -0.3 is 15.6 Å². The summed E-state index contributed by atoms with van der Waals surface area (Å²) in [7, 11) is 1.81. The van der Waals surface area contributed by atoms with E-state index in [1.54, 1.807) is 11.3 Å². The number of para-hydroxylation sites is 1. The molecular formula is C20H28IN5S. The summed E-state index contributed by atoms with van der Waals surface area (Å²) in [5, 5.41) is 9.27. The number of hydrogen-bond donors (Lipinski definition) is 3. The number of aliphatic imine (C=N–C) groups is 1. The lowest BCUT2D eigenvalue weighted by atomic mass is 10.1. The van der Waals surface area contributed by atoms with Crippen molar-refractivity contribution in [3.8, 4) is 0 Å². The molecule has 146 valence electrons. The second-order valence-corrected chi connectivity index (χ2v) is 7.68. The maximum Gasteiger partial charge on any atom is 0.190 e. The molecule has 1 aromatic carbocycles. The standard InChI is InChI=1S/C20H27N5S.HI/c1-14-15(2)26-19(25-14)10-12-23-20(21-3)22-11-6-7-16-13-24-18-9-5-4-8-17(16)18;/h4-5,8-9,13,24H,6-7,10-12H2,1-3H3,(H2,21,22,23);1H. The highest BCUT2D eigenvalue weighted by atomic mass is 127. The number of rotatable bonds is 7. The van der Waals surface area contributed by atoms with E-state index in [1.165, 1.54) is 26.4 Å². The number of hydrogen-bond acceptors (Lipinski definition) is 3. The van der Waals surface area contributed by atoms with E-state index in [4.69, 9.17) is 0 Å². The molecule has 3 aromatic rings. The summed E-state index contributed by atoms with van der Waals surface area (Å²) in [5.74, 6) is 0.855.